The number of aromatic nitrogens is 4. The monoisotopic (exact) mass is 430 g/mol. The molecule has 2 aliphatic rings. The van der Waals surface area contributed by atoms with Crippen LogP contribution in [0, 0.1) is 0 Å². The molecule has 2 atom stereocenters. The van der Waals surface area contributed by atoms with Crippen molar-refractivity contribution < 1.29 is 19.1 Å². The Bertz CT molecular complexity index is 955. The fourth-order valence-electron chi connectivity index (χ4n) is 3.47. The van der Waals surface area contributed by atoms with Crippen LogP contribution in [0.25, 0.3) is 0 Å². The van der Waals surface area contributed by atoms with E-state index < -0.39 is 24.3 Å². The predicted molar refractivity (Wildman–Crippen MR) is 110 cm³/mol. The zero-order valence-electron chi connectivity index (χ0n) is 16.9. The summed E-state index contributed by atoms with van der Waals surface area (Å²) in [6.45, 7) is 0.506. The van der Waals surface area contributed by atoms with Crippen LogP contribution in [0.15, 0.2) is 24.7 Å². The van der Waals surface area contributed by atoms with Gasteiger partial charge in [0.25, 0.3) is 0 Å². The summed E-state index contributed by atoms with van der Waals surface area (Å²) < 4.78 is 14.7. The summed E-state index contributed by atoms with van der Waals surface area (Å²) in [6.07, 6.45) is 4.52. The van der Waals surface area contributed by atoms with E-state index >= 15 is 0 Å². The lowest BCUT2D eigenvalue weighted by Crippen LogP contribution is -2.55. The summed E-state index contributed by atoms with van der Waals surface area (Å²) in [4.78, 5) is 43.4. The Morgan fingerprint density at radius 3 is 2.65 bits per heavy atom. The largest absolute Gasteiger partial charge is 0.465 e. The van der Waals surface area contributed by atoms with Gasteiger partial charge in [-0.1, -0.05) is 0 Å². The van der Waals surface area contributed by atoms with E-state index in [0.717, 1.165) is 18.5 Å². The van der Waals surface area contributed by atoms with Crippen molar-refractivity contribution in [1.82, 2.24) is 24.8 Å². The number of nitrogens with one attached hydrogen (secondary N) is 2. The third-order valence-corrected chi connectivity index (χ3v) is 5.38. The maximum atomic E-state index is 14.7. The van der Waals surface area contributed by atoms with Crippen LogP contribution in [0.4, 0.5) is 31.6 Å². The number of carbonyl (C=O) groups is 2. The van der Waals surface area contributed by atoms with E-state index in [1.165, 1.54) is 30.4 Å². The van der Waals surface area contributed by atoms with Crippen LogP contribution < -0.4 is 15.5 Å². The molecule has 0 aromatic carbocycles. The molecule has 3 N–H and O–H groups in total. The summed E-state index contributed by atoms with van der Waals surface area (Å²) in [5.41, 5.74) is 0.915. The number of halogens is 1. The Hall–Kier alpha value is -3.57. The zero-order chi connectivity index (χ0) is 22.0. The molecule has 31 heavy (non-hydrogen) atoms. The Kier molecular flexibility index (Phi) is 5.78. The number of hydrogen-bond donors (Lipinski definition) is 3. The third kappa shape index (κ3) is 4.95. The average molecular weight is 430 g/mol. The van der Waals surface area contributed by atoms with Gasteiger partial charge in [-0.05, 0) is 25.3 Å². The second kappa shape index (κ2) is 8.66. The number of urea groups is 1. The summed E-state index contributed by atoms with van der Waals surface area (Å²) in [5, 5.41) is 13.7. The standard InChI is InChI=1S/C19H23FN8O3/c1-27(18(29)25-16-9-22-13(8-23-16)11-2-3-11)14-10-28(7-5-12(14)20)17-21-6-4-15(24-17)26-19(30)31/h4,6,8-9,11-12,14H,2-3,5,7,10H2,1H3,(H,30,31)(H,21,24,26)(H,23,25,29). The highest BCUT2D eigenvalue weighted by Crippen LogP contribution is 2.38. The molecule has 0 bridgehead atoms. The zero-order valence-corrected chi connectivity index (χ0v) is 16.9. The van der Waals surface area contributed by atoms with Crippen LogP contribution in [-0.2, 0) is 0 Å². The number of hydrogen-bond acceptors (Lipinski definition) is 7. The van der Waals surface area contributed by atoms with Gasteiger partial charge in [0.15, 0.2) is 5.82 Å². The first-order valence-electron chi connectivity index (χ1n) is 9.98. The van der Waals surface area contributed by atoms with E-state index in [-0.39, 0.29) is 24.7 Å². The van der Waals surface area contributed by atoms with Crippen LogP contribution in [-0.4, -0.2) is 74.4 Å². The van der Waals surface area contributed by atoms with Crippen LogP contribution >= 0.6 is 0 Å². The second-order valence-electron chi connectivity index (χ2n) is 7.63. The molecular formula is C19H23FN8O3. The van der Waals surface area contributed by atoms with Crippen molar-refractivity contribution >= 4 is 29.7 Å². The molecule has 12 heteroatoms. The topological polar surface area (TPSA) is 136 Å². The Morgan fingerprint density at radius 2 is 1.97 bits per heavy atom. The molecular weight excluding hydrogens is 407 g/mol. The number of carbonyl (C=O) groups excluding carboxylic acids is 1. The fraction of sp³-hybridized carbons (Fsp3) is 0.474. The van der Waals surface area contributed by atoms with Gasteiger partial charge in [0.1, 0.15) is 12.0 Å². The van der Waals surface area contributed by atoms with Crippen LogP contribution in [0.5, 0.6) is 0 Å². The molecule has 3 amide bonds. The van der Waals surface area contributed by atoms with Crippen molar-refractivity contribution in [2.24, 2.45) is 0 Å². The SMILES string of the molecule is CN(C(=O)Nc1cnc(C2CC2)cn1)C1CN(c2nccc(NC(=O)O)n2)CCC1F. The van der Waals surface area contributed by atoms with Gasteiger partial charge in [-0.15, -0.1) is 0 Å². The number of rotatable bonds is 5. The van der Waals surface area contributed by atoms with Gasteiger partial charge in [-0.3, -0.25) is 15.6 Å². The van der Waals surface area contributed by atoms with Gasteiger partial charge >= 0.3 is 12.1 Å². The van der Waals surface area contributed by atoms with Crippen molar-refractivity contribution in [3.63, 3.8) is 0 Å². The summed E-state index contributed by atoms with van der Waals surface area (Å²) in [5.74, 6) is 1.15. The highest BCUT2D eigenvalue weighted by molar-refractivity contribution is 5.88. The Morgan fingerprint density at radius 1 is 1.16 bits per heavy atom. The molecule has 1 aliphatic carbocycles. The van der Waals surface area contributed by atoms with Crippen LogP contribution in [0.3, 0.4) is 0 Å². The lowest BCUT2D eigenvalue weighted by atomic mass is 10.0. The first kappa shape index (κ1) is 20.7. The van der Waals surface area contributed by atoms with E-state index in [1.54, 1.807) is 11.1 Å². The third-order valence-electron chi connectivity index (χ3n) is 5.38. The van der Waals surface area contributed by atoms with E-state index in [1.807, 2.05) is 0 Å². The Balaban J connectivity index is 1.41. The van der Waals surface area contributed by atoms with Crippen molar-refractivity contribution in [2.45, 2.75) is 37.4 Å². The summed E-state index contributed by atoms with van der Waals surface area (Å²) >= 11 is 0. The smallest absolute Gasteiger partial charge is 0.410 e. The normalized spacial score (nSPS) is 20.8. The van der Waals surface area contributed by atoms with Gasteiger partial charge in [-0.2, -0.15) is 4.98 Å². The number of piperidine rings is 1. The first-order chi connectivity index (χ1) is 14.9. The molecule has 3 heterocycles. The molecule has 11 nitrogen and oxygen atoms in total. The molecule has 0 spiro atoms. The van der Waals surface area contributed by atoms with Gasteiger partial charge < -0.3 is 14.9 Å². The number of nitrogens with zero attached hydrogens (tertiary/aromatic N) is 6. The van der Waals surface area contributed by atoms with Crippen molar-refractivity contribution in [1.29, 1.82) is 0 Å². The molecule has 1 saturated carbocycles. The summed E-state index contributed by atoms with van der Waals surface area (Å²) in [6, 6.07) is 0.184. The minimum absolute atomic E-state index is 0.121. The van der Waals surface area contributed by atoms with E-state index in [4.69, 9.17) is 5.11 Å². The molecule has 2 aromatic heterocycles. The van der Waals surface area contributed by atoms with Crippen molar-refractivity contribution in [3.05, 3.63) is 30.4 Å². The minimum Gasteiger partial charge on any atom is -0.465 e. The van der Waals surface area contributed by atoms with Crippen molar-refractivity contribution in [2.75, 3.05) is 35.7 Å². The lowest BCUT2D eigenvalue weighted by Gasteiger charge is -2.39. The fourth-order valence-corrected chi connectivity index (χ4v) is 3.47. The Labute approximate surface area is 177 Å². The highest BCUT2D eigenvalue weighted by Gasteiger charge is 2.35. The van der Waals surface area contributed by atoms with E-state index in [2.05, 4.69) is 30.6 Å². The number of carboxylic acid groups (broad SMARTS) is 1. The molecule has 2 fully saturated rings. The highest BCUT2D eigenvalue weighted by atomic mass is 19.1. The molecule has 164 valence electrons. The summed E-state index contributed by atoms with van der Waals surface area (Å²) in [7, 11) is 1.52. The average Bonchev–Trinajstić information content (AvgIpc) is 3.59. The molecule has 4 rings (SSSR count). The van der Waals surface area contributed by atoms with E-state index in [9.17, 15) is 14.0 Å². The molecule has 1 aliphatic heterocycles. The number of anilines is 3. The van der Waals surface area contributed by atoms with Crippen LogP contribution in [0.2, 0.25) is 0 Å². The van der Waals surface area contributed by atoms with Gasteiger partial charge in [0.2, 0.25) is 5.95 Å². The number of amides is 3. The van der Waals surface area contributed by atoms with Gasteiger partial charge in [0, 0.05) is 32.3 Å². The minimum atomic E-state index is -1.24. The van der Waals surface area contributed by atoms with Crippen molar-refractivity contribution in [3.8, 4) is 0 Å². The predicted octanol–water partition coefficient (Wildman–Crippen LogP) is 2.31. The van der Waals surface area contributed by atoms with Gasteiger partial charge in [0.05, 0.1) is 24.1 Å². The maximum absolute atomic E-state index is 14.7. The first-order valence-corrected chi connectivity index (χ1v) is 9.98. The van der Waals surface area contributed by atoms with E-state index in [0.29, 0.717) is 18.3 Å². The second-order valence-corrected chi connectivity index (χ2v) is 7.63. The maximum Gasteiger partial charge on any atom is 0.410 e. The molecule has 0 radical (unpaired) electrons. The quantitative estimate of drug-likeness (QED) is 0.657. The van der Waals surface area contributed by atoms with Crippen LogP contribution in [0.1, 0.15) is 30.9 Å². The molecule has 2 aromatic rings. The number of alkyl halides is 1. The number of likely N-dealkylation sites (N-methyl/N-ethyl adjacent to an activating group) is 1. The van der Waals surface area contributed by atoms with Gasteiger partial charge in [-0.25, -0.2) is 23.9 Å². The molecule has 2 unspecified atom stereocenters. The molecule has 1 saturated heterocycles. The lowest BCUT2D eigenvalue weighted by molar-refractivity contribution is 0.133.